The van der Waals surface area contributed by atoms with Crippen molar-refractivity contribution in [3.8, 4) is 0 Å². The van der Waals surface area contributed by atoms with Gasteiger partial charge >= 0.3 is 5.97 Å². The fourth-order valence-electron chi connectivity index (χ4n) is 5.16. The summed E-state index contributed by atoms with van der Waals surface area (Å²) in [5, 5.41) is 15.3. The Hall–Kier alpha value is -1.92. The summed E-state index contributed by atoms with van der Waals surface area (Å²) in [5.41, 5.74) is 1.29. The van der Waals surface area contributed by atoms with Crippen molar-refractivity contribution in [2.24, 2.45) is 21.7 Å². The van der Waals surface area contributed by atoms with Crippen LogP contribution in [0.5, 0.6) is 0 Å². The number of carbonyl (C=O) groups is 1. The smallest absolute Gasteiger partial charge is 0.331 e. The van der Waals surface area contributed by atoms with Crippen LogP contribution < -0.4 is 0 Å². The number of aliphatic hydroxyl groups excluding tert-OH is 1. The van der Waals surface area contributed by atoms with E-state index in [9.17, 15) is 4.79 Å². The average molecular weight is 564 g/mol. The second-order valence-electron chi connectivity index (χ2n) is 13.3. The lowest BCUT2D eigenvalue weighted by molar-refractivity contribution is -0.132. The standard InChI is InChI=1S/C24H47N3.C7H10O2.C2H4.CH4O/c1-10-19(2)26(9)21-18-27(17-11-14-22(3,4)5)24(25-21)15-12-20(13-16-24)23(6,7)8;1-3-4-5-6(2)7(8)9;2*1-2/h19-20H,10-18H2,1-9H3;3-5H,1-2H3,(H,8,9);1-2H2;2H,1H3/b;4-3-,6-5+;;. The summed E-state index contributed by atoms with van der Waals surface area (Å²) in [6.07, 6.45) is 13.9. The zero-order valence-corrected chi connectivity index (χ0v) is 28.3. The van der Waals surface area contributed by atoms with Gasteiger partial charge in [0.15, 0.2) is 0 Å². The number of rotatable bonds is 7. The van der Waals surface area contributed by atoms with E-state index >= 15 is 0 Å². The van der Waals surface area contributed by atoms with E-state index in [1.165, 1.54) is 57.3 Å². The lowest BCUT2D eigenvalue weighted by Crippen LogP contribution is -2.48. The molecule has 1 saturated carbocycles. The van der Waals surface area contributed by atoms with Gasteiger partial charge in [-0.1, -0.05) is 66.7 Å². The summed E-state index contributed by atoms with van der Waals surface area (Å²) in [6, 6.07) is 0.571. The third-order valence-electron chi connectivity index (χ3n) is 8.16. The van der Waals surface area contributed by atoms with Gasteiger partial charge in [-0.15, -0.1) is 13.2 Å². The van der Waals surface area contributed by atoms with Crippen LogP contribution in [-0.4, -0.2) is 70.8 Å². The number of amidine groups is 1. The third-order valence-corrected chi connectivity index (χ3v) is 8.16. The maximum Gasteiger partial charge on any atom is 0.331 e. The molecule has 0 aromatic carbocycles. The molecule has 2 rings (SSSR count). The molecule has 0 saturated heterocycles. The van der Waals surface area contributed by atoms with Crippen molar-refractivity contribution < 1.29 is 15.0 Å². The molecule has 0 aromatic heterocycles. The molecular formula is C34H65N3O3. The topological polar surface area (TPSA) is 76.4 Å². The van der Waals surface area contributed by atoms with Crippen molar-refractivity contribution in [3.05, 3.63) is 37.0 Å². The molecule has 0 aromatic rings. The second-order valence-corrected chi connectivity index (χ2v) is 13.3. The Morgan fingerprint density at radius 3 is 2.10 bits per heavy atom. The molecule has 2 aliphatic rings. The molecule has 1 aliphatic heterocycles. The van der Waals surface area contributed by atoms with Crippen molar-refractivity contribution in [1.29, 1.82) is 0 Å². The molecule has 1 aliphatic carbocycles. The first-order valence-electron chi connectivity index (χ1n) is 15.1. The van der Waals surface area contributed by atoms with E-state index in [1.54, 1.807) is 25.2 Å². The van der Waals surface area contributed by atoms with Gasteiger partial charge in [0.2, 0.25) is 0 Å². The predicted octanol–water partition coefficient (Wildman–Crippen LogP) is 8.19. The molecule has 6 heteroatoms. The number of hydrogen-bond acceptors (Lipinski definition) is 5. The first-order chi connectivity index (χ1) is 18.6. The summed E-state index contributed by atoms with van der Waals surface area (Å²) in [4.78, 5) is 20.7. The first-order valence-corrected chi connectivity index (χ1v) is 15.1. The minimum absolute atomic E-state index is 0.0800. The molecule has 6 nitrogen and oxygen atoms in total. The van der Waals surface area contributed by atoms with Gasteiger partial charge in [0.05, 0.1) is 6.54 Å². The summed E-state index contributed by atoms with van der Waals surface area (Å²) < 4.78 is 0. The Labute approximate surface area is 248 Å². The number of hydrogen-bond donors (Lipinski definition) is 2. The van der Waals surface area contributed by atoms with E-state index in [0.717, 1.165) is 19.6 Å². The molecule has 40 heavy (non-hydrogen) atoms. The van der Waals surface area contributed by atoms with Crippen molar-refractivity contribution in [1.82, 2.24) is 9.80 Å². The maximum absolute atomic E-state index is 10.1. The number of likely N-dealkylation sites (N-methyl/N-ethyl adjacent to an activating group) is 1. The molecule has 1 atom stereocenters. The molecule has 2 N–H and O–H groups in total. The zero-order valence-electron chi connectivity index (χ0n) is 28.3. The highest BCUT2D eigenvalue weighted by Gasteiger charge is 2.46. The van der Waals surface area contributed by atoms with Gasteiger partial charge in [0, 0.05) is 32.3 Å². The van der Waals surface area contributed by atoms with E-state index in [-0.39, 0.29) is 5.66 Å². The van der Waals surface area contributed by atoms with Gasteiger partial charge in [-0.05, 0) is 82.5 Å². The molecule has 0 radical (unpaired) electrons. The van der Waals surface area contributed by atoms with Crippen molar-refractivity contribution in [2.45, 2.75) is 126 Å². The summed E-state index contributed by atoms with van der Waals surface area (Å²) in [7, 11) is 3.25. The number of aliphatic carboxylic acids is 1. The van der Waals surface area contributed by atoms with E-state index in [2.05, 4.69) is 85.4 Å². The lowest BCUT2D eigenvalue weighted by Gasteiger charge is -2.45. The number of nitrogens with zero attached hydrogens (tertiary/aromatic N) is 3. The van der Waals surface area contributed by atoms with Crippen LogP contribution in [-0.2, 0) is 4.79 Å². The highest BCUT2D eigenvalue weighted by molar-refractivity contribution is 5.86. The number of allylic oxidation sites excluding steroid dienone is 3. The zero-order chi connectivity index (χ0) is 31.7. The van der Waals surface area contributed by atoms with Crippen LogP contribution in [0.4, 0.5) is 0 Å². The van der Waals surface area contributed by atoms with Gasteiger partial charge < -0.3 is 15.1 Å². The summed E-state index contributed by atoms with van der Waals surface area (Å²) >= 11 is 0. The van der Waals surface area contributed by atoms with Crippen molar-refractivity contribution in [2.75, 3.05) is 27.2 Å². The molecule has 1 heterocycles. The molecule has 1 spiro atoms. The van der Waals surface area contributed by atoms with E-state index in [4.69, 9.17) is 15.2 Å². The Morgan fingerprint density at radius 1 is 1.18 bits per heavy atom. The van der Waals surface area contributed by atoms with Crippen molar-refractivity contribution in [3.63, 3.8) is 0 Å². The van der Waals surface area contributed by atoms with Gasteiger partial charge in [-0.3, -0.25) is 4.90 Å². The monoisotopic (exact) mass is 564 g/mol. The maximum atomic E-state index is 10.1. The van der Waals surface area contributed by atoms with Crippen LogP contribution in [0, 0.1) is 16.7 Å². The van der Waals surface area contributed by atoms with Crippen molar-refractivity contribution >= 4 is 11.8 Å². The van der Waals surface area contributed by atoms with Crippen LogP contribution in [0.15, 0.2) is 42.0 Å². The fraction of sp³-hybridized carbons (Fsp3) is 0.765. The highest BCUT2D eigenvalue weighted by Crippen LogP contribution is 2.46. The molecule has 0 bridgehead atoms. The Balaban J connectivity index is 0. The Kier molecular flexibility index (Phi) is 19.4. The number of aliphatic hydroxyl groups is 1. The lowest BCUT2D eigenvalue weighted by atomic mass is 9.69. The molecule has 1 unspecified atom stereocenters. The number of carboxylic acids is 1. The van der Waals surface area contributed by atoms with Crippen LogP contribution in [0.2, 0.25) is 0 Å². The fourth-order valence-corrected chi connectivity index (χ4v) is 5.16. The first kappa shape index (κ1) is 40.2. The van der Waals surface area contributed by atoms with E-state index < -0.39 is 5.97 Å². The van der Waals surface area contributed by atoms with Crippen LogP contribution >= 0.6 is 0 Å². The summed E-state index contributed by atoms with van der Waals surface area (Å²) in [5.74, 6) is 1.30. The molecule has 234 valence electrons. The second kappa shape index (κ2) is 19.2. The van der Waals surface area contributed by atoms with Crippen LogP contribution in [0.1, 0.15) is 114 Å². The van der Waals surface area contributed by atoms with Crippen LogP contribution in [0.3, 0.4) is 0 Å². The quantitative estimate of drug-likeness (QED) is 0.185. The minimum atomic E-state index is -0.867. The summed E-state index contributed by atoms with van der Waals surface area (Å²) in [6.45, 7) is 30.6. The molecule has 1 fully saturated rings. The van der Waals surface area contributed by atoms with Gasteiger partial charge in [-0.25, -0.2) is 9.79 Å². The number of aliphatic imine (C=N–C) groups is 1. The SMILES string of the molecule is C/C=C\C=C(/C)C(=O)O.C=C.CCC(C)N(C)C1=NC2(CCC(C(C)(C)C)CC2)N(CCCC(C)(C)C)C1.CO. The molecular weight excluding hydrogens is 498 g/mol. The normalized spacial score (nSPS) is 22.3. The Morgan fingerprint density at radius 2 is 1.70 bits per heavy atom. The highest BCUT2D eigenvalue weighted by atomic mass is 16.4. The Bertz CT molecular complexity index is 794. The largest absolute Gasteiger partial charge is 0.478 e. The van der Waals surface area contributed by atoms with Gasteiger partial charge in [-0.2, -0.15) is 0 Å². The number of carboxylic acid groups (broad SMARTS) is 1. The minimum Gasteiger partial charge on any atom is -0.478 e. The van der Waals surface area contributed by atoms with E-state index in [1.807, 2.05) is 6.92 Å². The third kappa shape index (κ3) is 14.1. The van der Waals surface area contributed by atoms with E-state index in [0.29, 0.717) is 22.4 Å². The predicted molar refractivity (Wildman–Crippen MR) is 175 cm³/mol. The van der Waals surface area contributed by atoms with Gasteiger partial charge in [0.25, 0.3) is 0 Å². The van der Waals surface area contributed by atoms with Gasteiger partial charge in [0.1, 0.15) is 11.5 Å². The average Bonchev–Trinajstić information content (AvgIpc) is 3.25. The van der Waals surface area contributed by atoms with Crippen LogP contribution in [0.25, 0.3) is 0 Å². The molecule has 0 amide bonds.